The number of aryl methyl sites for hydroxylation is 1. The molecular formula is C28H32BrN3O5S. The van der Waals surface area contributed by atoms with Gasteiger partial charge in [0, 0.05) is 0 Å². The van der Waals surface area contributed by atoms with Crippen LogP contribution in [0.1, 0.15) is 37.5 Å². The van der Waals surface area contributed by atoms with E-state index in [1.807, 2.05) is 44.2 Å². The predicted octanol–water partition coefficient (Wildman–Crippen LogP) is 5.19. The smallest absolute Gasteiger partial charge is 0.258 e. The lowest BCUT2D eigenvalue weighted by molar-refractivity contribution is -0.123. The van der Waals surface area contributed by atoms with Crippen LogP contribution in [0, 0.1) is 12.8 Å². The molecule has 0 aliphatic heterocycles. The van der Waals surface area contributed by atoms with Crippen LogP contribution in [0.2, 0.25) is 0 Å². The van der Waals surface area contributed by atoms with Crippen molar-refractivity contribution in [1.82, 2.24) is 10.1 Å². The molecule has 0 radical (unpaired) electrons. The van der Waals surface area contributed by atoms with Crippen molar-refractivity contribution in [1.29, 1.82) is 0 Å². The van der Waals surface area contributed by atoms with Gasteiger partial charge in [0.2, 0.25) is 10.0 Å². The van der Waals surface area contributed by atoms with Gasteiger partial charge in [-0.25, -0.2) is 13.8 Å². The highest BCUT2D eigenvalue weighted by Gasteiger charge is 2.28. The van der Waals surface area contributed by atoms with Crippen LogP contribution in [-0.2, 0) is 21.4 Å². The van der Waals surface area contributed by atoms with E-state index in [0.29, 0.717) is 34.7 Å². The van der Waals surface area contributed by atoms with Crippen LogP contribution in [-0.4, -0.2) is 33.2 Å². The maximum absolute atomic E-state index is 12.8. The molecule has 3 rings (SSSR count). The topological polar surface area (TPSA) is 106 Å². The Morgan fingerprint density at radius 1 is 1.05 bits per heavy atom. The first-order valence-corrected chi connectivity index (χ1v) is 14.4. The number of carbonyl (C=O) groups excluding carboxylic acids is 1. The number of halogens is 1. The lowest BCUT2D eigenvalue weighted by Gasteiger charge is -2.20. The van der Waals surface area contributed by atoms with Crippen LogP contribution in [0.15, 0.2) is 81.2 Å². The Labute approximate surface area is 232 Å². The summed E-state index contributed by atoms with van der Waals surface area (Å²) < 4.78 is 40.5. The van der Waals surface area contributed by atoms with Crippen molar-refractivity contribution < 1.29 is 22.7 Å². The molecule has 0 fully saturated rings. The molecule has 8 nitrogen and oxygen atoms in total. The second-order valence-electron chi connectivity index (χ2n) is 8.93. The van der Waals surface area contributed by atoms with Gasteiger partial charge in [0.05, 0.1) is 22.2 Å². The first kappa shape index (κ1) is 29.3. The molecule has 0 aliphatic rings. The normalized spacial score (nSPS) is 12.5. The highest BCUT2D eigenvalue weighted by atomic mass is 79.9. The molecule has 2 N–H and O–H groups in total. The molecule has 3 aromatic carbocycles. The summed E-state index contributed by atoms with van der Waals surface area (Å²) in [7, 11) is -3.89. The maximum Gasteiger partial charge on any atom is 0.258 e. The van der Waals surface area contributed by atoms with Gasteiger partial charge in [0.15, 0.2) is 11.5 Å². The van der Waals surface area contributed by atoms with E-state index in [2.05, 4.69) is 31.2 Å². The summed E-state index contributed by atoms with van der Waals surface area (Å²) in [6.45, 7) is 8.06. The number of ether oxygens (including phenoxy) is 2. The molecule has 1 amide bonds. The lowest BCUT2D eigenvalue weighted by atomic mass is 10.1. The molecule has 202 valence electrons. The zero-order valence-electron chi connectivity index (χ0n) is 21.8. The van der Waals surface area contributed by atoms with E-state index in [0.717, 1.165) is 11.1 Å². The maximum atomic E-state index is 12.8. The molecule has 10 heteroatoms. The quantitative estimate of drug-likeness (QED) is 0.219. The van der Waals surface area contributed by atoms with Gasteiger partial charge < -0.3 is 9.47 Å². The number of amides is 1. The number of hydrazone groups is 1. The van der Waals surface area contributed by atoms with Gasteiger partial charge in [0.25, 0.3) is 5.91 Å². The fraction of sp³-hybridized carbons (Fsp3) is 0.286. The number of hydrogen-bond acceptors (Lipinski definition) is 6. The van der Waals surface area contributed by atoms with Crippen LogP contribution in [0.25, 0.3) is 0 Å². The summed E-state index contributed by atoms with van der Waals surface area (Å²) in [6, 6.07) is 18.7. The Hall–Kier alpha value is -3.21. The Morgan fingerprint density at radius 3 is 2.37 bits per heavy atom. The Kier molecular flexibility index (Phi) is 10.5. The van der Waals surface area contributed by atoms with E-state index in [4.69, 9.17) is 9.47 Å². The van der Waals surface area contributed by atoms with Crippen molar-refractivity contribution in [3.05, 3.63) is 87.9 Å². The van der Waals surface area contributed by atoms with Gasteiger partial charge in [-0.05, 0) is 71.1 Å². The number of benzene rings is 3. The monoisotopic (exact) mass is 601 g/mol. The molecule has 0 saturated heterocycles. The van der Waals surface area contributed by atoms with E-state index in [-0.39, 0.29) is 10.8 Å². The summed E-state index contributed by atoms with van der Waals surface area (Å²) in [5, 5.41) is 4.05. The summed E-state index contributed by atoms with van der Waals surface area (Å²) in [6.07, 6.45) is 1.46. The van der Waals surface area contributed by atoms with Crippen molar-refractivity contribution in [3.63, 3.8) is 0 Å². The number of hydrogen-bond donors (Lipinski definition) is 2. The zero-order valence-corrected chi connectivity index (χ0v) is 24.2. The molecule has 0 aromatic heterocycles. The van der Waals surface area contributed by atoms with E-state index in [9.17, 15) is 13.2 Å². The van der Waals surface area contributed by atoms with Gasteiger partial charge in [-0.3, -0.25) is 4.79 Å². The molecule has 0 unspecified atom stereocenters. The minimum Gasteiger partial charge on any atom is -0.490 e. The number of nitrogens with one attached hydrogen (secondary N) is 2. The average molecular weight is 603 g/mol. The summed E-state index contributed by atoms with van der Waals surface area (Å²) in [4.78, 5) is 12.9. The Balaban J connectivity index is 1.71. The highest BCUT2D eigenvalue weighted by molar-refractivity contribution is 9.10. The van der Waals surface area contributed by atoms with Crippen molar-refractivity contribution in [3.8, 4) is 11.5 Å². The van der Waals surface area contributed by atoms with Crippen molar-refractivity contribution in [2.24, 2.45) is 11.0 Å². The predicted molar refractivity (Wildman–Crippen MR) is 152 cm³/mol. The minimum absolute atomic E-state index is 0.0907. The number of sulfonamides is 1. The van der Waals surface area contributed by atoms with Crippen LogP contribution in [0.4, 0.5) is 0 Å². The van der Waals surface area contributed by atoms with Gasteiger partial charge in [-0.15, -0.1) is 0 Å². The first-order chi connectivity index (χ1) is 18.1. The molecule has 0 bridgehead atoms. The molecule has 0 saturated carbocycles. The van der Waals surface area contributed by atoms with Crippen LogP contribution < -0.4 is 19.6 Å². The van der Waals surface area contributed by atoms with Crippen molar-refractivity contribution in [2.45, 2.75) is 45.2 Å². The fourth-order valence-electron chi connectivity index (χ4n) is 3.48. The number of rotatable bonds is 12. The third kappa shape index (κ3) is 8.14. The largest absolute Gasteiger partial charge is 0.490 e. The number of carbonyl (C=O) groups is 1. The Morgan fingerprint density at radius 2 is 1.74 bits per heavy atom. The summed E-state index contributed by atoms with van der Waals surface area (Å²) in [5.74, 6) is 0.197. The molecule has 0 aliphatic carbocycles. The van der Waals surface area contributed by atoms with Crippen molar-refractivity contribution in [2.75, 3.05) is 6.61 Å². The standard InChI is InChI=1S/C28H32BrN3O5S/c1-5-36-25-16-22(15-24(29)27(25)37-18-21-9-7-6-8-10-21)17-30-31-28(33)26(19(2)3)32-38(34,35)23-13-11-20(4)12-14-23/h6-17,19,26,32H,5,18H2,1-4H3,(H,31,33)/b30-17-/t26-/m1/s1. The SMILES string of the molecule is CCOc1cc(/C=N\NC(=O)[C@H](NS(=O)(=O)c2ccc(C)cc2)C(C)C)cc(Br)c1OCc1ccccc1. The second-order valence-corrected chi connectivity index (χ2v) is 11.5. The first-order valence-electron chi connectivity index (χ1n) is 12.2. The highest BCUT2D eigenvalue weighted by Crippen LogP contribution is 2.37. The zero-order chi connectivity index (χ0) is 27.7. The molecule has 3 aromatic rings. The third-order valence-electron chi connectivity index (χ3n) is 5.51. The average Bonchev–Trinajstić information content (AvgIpc) is 2.87. The van der Waals surface area contributed by atoms with Crippen molar-refractivity contribution >= 4 is 38.1 Å². The fourth-order valence-corrected chi connectivity index (χ4v) is 5.40. The van der Waals surface area contributed by atoms with Gasteiger partial charge >= 0.3 is 0 Å². The molecule has 0 spiro atoms. The van der Waals surface area contributed by atoms with E-state index >= 15 is 0 Å². The van der Waals surface area contributed by atoms with Crippen LogP contribution >= 0.6 is 15.9 Å². The van der Waals surface area contributed by atoms with E-state index < -0.39 is 22.0 Å². The van der Waals surface area contributed by atoms with Crippen LogP contribution in [0.5, 0.6) is 11.5 Å². The molecule has 0 heterocycles. The van der Waals surface area contributed by atoms with Gasteiger partial charge in [-0.1, -0.05) is 61.9 Å². The summed E-state index contributed by atoms with van der Waals surface area (Å²) >= 11 is 3.53. The van der Waals surface area contributed by atoms with Gasteiger partial charge in [-0.2, -0.15) is 9.82 Å². The van der Waals surface area contributed by atoms with E-state index in [1.54, 1.807) is 38.1 Å². The van der Waals surface area contributed by atoms with Crippen LogP contribution in [0.3, 0.4) is 0 Å². The molecular weight excluding hydrogens is 570 g/mol. The minimum atomic E-state index is -3.89. The molecule has 38 heavy (non-hydrogen) atoms. The second kappa shape index (κ2) is 13.5. The lowest BCUT2D eigenvalue weighted by Crippen LogP contribution is -2.48. The van der Waals surface area contributed by atoms with Gasteiger partial charge in [0.1, 0.15) is 12.6 Å². The number of nitrogens with zero attached hydrogens (tertiary/aromatic N) is 1. The molecule has 1 atom stereocenters. The van der Waals surface area contributed by atoms with E-state index in [1.165, 1.54) is 18.3 Å². The Bertz CT molecular complexity index is 1360. The summed E-state index contributed by atoms with van der Waals surface area (Å²) in [5.41, 5.74) is 5.05. The third-order valence-corrected chi connectivity index (χ3v) is 7.55.